The summed E-state index contributed by atoms with van der Waals surface area (Å²) in [6.07, 6.45) is 5.84. The lowest BCUT2D eigenvalue weighted by atomic mass is 9.77. The van der Waals surface area contributed by atoms with Crippen LogP contribution < -0.4 is 22.3 Å². The second-order valence-electron chi connectivity index (χ2n) is 9.30. The Hall–Kier alpha value is -3.61. The fourth-order valence-corrected chi connectivity index (χ4v) is 4.31. The predicted molar refractivity (Wildman–Crippen MR) is 137 cm³/mol. The van der Waals surface area contributed by atoms with Crippen molar-refractivity contribution in [2.45, 2.75) is 38.5 Å². The average molecular weight is 508 g/mol. The Morgan fingerprint density at radius 2 is 1.28 bits per heavy atom. The normalized spacial score (nSPS) is 11.1. The molecule has 3 N–H and O–H groups in total. The van der Waals surface area contributed by atoms with Gasteiger partial charge in [0, 0.05) is 16.7 Å². The van der Waals surface area contributed by atoms with Gasteiger partial charge in [-0.1, -0.05) is 91.0 Å². The molecule has 0 unspecified atom stereocenters. The number of carbonyl (C=O) groups excluding carboxylic acids is 1. The highest BCUT2D eigenvalue weighted by atomic mass is 35.5. The number of benzene rings is 3. The van der Waals surface area contributed by atoms with E-state index in [1.54, 1.807) is 0 Å². The van der Waals surface area contributed by atoms with E-state index in [9.17, 15) is 4.79 Å². The summed E-state index contributed by atoms with van der Waals surface area (Å²) in [4.78, 5) is 12.0. The van der Waals surface area contributed by atoms with Gasteiger partial charge in [0.15, 0.2) is 5.54 Å². The van der Waals surface area contributed by atoms with Crippen LogP contribution >= 0.6 is 0 Å². The number of ether oxygens (including phenoxy) is 1. The summed E-state index contributed by atoms with van der Waals surface area (Å²) in [5.74, 6) is 0. The Morgan fingerprint density at radius 1 is 0.833 bits per heavy atom. The van der Waals surface area contributed by atoms with Gasteiger partial charge in [-0.15, -0.1) is 0 Å². The Balaban J connectivity index is 0.00000228. The van der Waals surface area contributed by atoms with E-state index in [2.05, 4.69) is 99.8 Å². The van der Waals surface area contributed by atoms with E-state index >= 15 is 0 Å². The molecule has 0 spiro atoms. The van der Waals surface area contributed by atoms with E-state index in [0.717, 1.165) is 0 Å². The van der Waals surface area contributed by atoms with Crippen molar-refractivity contribution in [3.05, 3.63) is 126 Å². The lowest BCUT2D eigenvalue weighted by Crippen LogP contribution is -3.00. The summed E-state index contributed by atoms with van der Waals surface area (Å²) in [6, 6.07) is 31.7. The zero-order valence-corrected chi connectivity index (χ0v) is 21.7. The average Bonchev–Trinajstić information content (AvgIpc) is 3.30. The van der Waals surface area contributed by atoms with Crippen molar-refractivity contribution in [1.82, 2.24) is 9.88 Å². The van der Waals surface area contributed by atoms with Crippen LogP contribution in [0.25, 0.3) is 0 Å². The molecule has 1 amide bonds. The van der Waals surface area contributed by atoms with E-state index in [1.807, 2.05) is 45.2 Å². The molecule has 0 radical (unpaired) electrons. The monoisotopic (exact) mass is 507 g/mol. The molecule has 0 bridgehead atoms. The molecule has 0 aliphatic carbocycles. The van der Waals surface area contributed by atoms with Crippen LogP contribution in [0.3, 0.4) is 0 Å². The Labute approximate surface area is 219 Å². The summed E-state index contributed by atoms with van der Waals surface area (Å²) < 4.78 is 9.68. The topological polar surface area (TPSA) is 78.6 Å². The smallest absolute Gasteiger partial charge is 0.407 e. The van der Waals surface area contributed by atoms with E-state index in [1.165, 1.54) is 16.7 Å². The lowest BCUT2D eigenvalue weighted by Gasteiger charge is -2.32. The highest BCUT2D eigenvalue weighted by Crippen LogP contribution is 2.40. The van der Waals surface area contributed by atoms with Crippen molar-refractivity contribution >= 4 is 6.09 Å². The van der Waals surface area contributed by atoms with Gasteiger partial charge in [-0.2, -0.15) is 0 Å². The maximum Gasteiger partial charge on any atom is 0.407 e. The molecule has 6 nitrogen and oxygen atoms in total. The van der Waals surface area contributed by atoms with Gasteiger partial charge in [-0.3, -0.25) is 0 Å². The molecule has 0 aliphatic heterocycles. The molecule has 0 saturated carbocycles. The third kappa shape index (κ3) is 6.33. The van der Waals surface area contributed by atoms with Crippen LogP contribution in [-0.2, 0) is 16.8 Å². The predicted octanol–water partition coefficient (Wildman–Crippen LogP) is 1.32. The molecule has 1 aromatic heterocycles. The molecule has 0 atom stereocenters. The summed E-state index contributed by atoms with van der Waals surface area (Å²) in [5.41, 5.74) is 2.44. The fraction of sp³-hybridized carbons (Fsp3) is 0.241. The molecular weight excluding hydrogens is 474 g/mol. The van der Waals surface area contributed by atoms with Crippen LogP contribution in [0, 0.1) is 0 Å². The van der Waals surface area contributed by atoms with Gasteiger partial charge in [0.25, 0.3) is 0 Å². The number of rotatable bonds is 7. The largest absolute Gasteiger partial charge is 1.00 e. The second kappa shape index (κ2) is 12.4. The van der Waals surface area contributed by atoms with Crippen LogP contribution in [0.4, 0.5) is 4.79 Å². The summed E-state index contributed by atoms with van der Waals surface area (Å²) in [7, 11) is 0. The molecule has 36 heavy (non-hydrogen) atoms. The van der Waals surface area contributed by atoms with Crippen molar-refractivity contribution < 1.29 is 32.0 Å². The number of hydrogen-bond acceptors (Lipinski definition) is 2. The first-order valence-electron chi connectivity index (χ1n) is 11.6. The third-order valence-corrected chi connectivity index (χ3v) is 5.69. The number of nitrogens with zero attached hydrogens (tertiary/aromatic N) is 2. The SMILES string of the molecule is CC(C)(C)OC(=O)NCC[n+]1ccn(C(c2ccccc2)(c2ccccc2)c2ccccc2)c1.O.[Cl-]. The van der Waals surface area contributed by atoms with Gasteiger partial charge in [-0.25, -0.2) is 13.9 Å². The summed E-state index contributed by atoms with van der Waals surface area (Å²) >= 11 is 0. The van der Waals surface area contributed by atoms with E-state index in [0.29, 0.717) is 13.1 Å². The molecule has 4 rings (SSSR count). The van der Waals surface area contributed by atoms with Crippen molar-refractivity contribution in [2.24, 2.45) is 0 Å². The van der Waals surface area contributed by atoms with E-state index in [4.69, 9.17) is 4.74 Å². The number of amides is 1. The molecule has 7 heteroatoms. The zero-order valence-electron chi connectivity index (χ0n) is 20.9. The zero-order chi connectivity index (χ0) is 24.0. The molecule has 1 heterocycles. The quantitative estimate of drug-likeness (QED) is 0.302. The second-order valence-corrected chi connectivity index (χ2v) is 9.30. The molecular formula is C29H34ClN3O3. The minimum Gasteiger partial charge on any atom is -1.00 e. The number of imidazole rings is 1. The number of hydrogen-bond donors (Lipinski definition) is 1. The minimum absolute atomic E-state index is 0. The van der Waals surface area contributed by atoms with Crippen molar-refractivity contribution in [3.8, 4) is 0 Å². The van der Waals surface area contributed by atoms with Gasteiger partial charge in [0.05, 0.1) is 6.54 Å². The highest BCUT2D eigenvalue weighted by Gasteiger charge is 2.42. The number of alkyl carbamates (subject to hydrolysis) is 1. The number of carbonyl (C=O) groups is 1. The maximum atomic E-state index is 12.0. The van der Waals surface area contributed by atoms with Gasteiger partial charge in [0.1, 0.15) is 24.5 Å². The standard InChI is InChI=1S/C29H31N3O2.ClH.H2O/c1-28(2,3)34-27(33)30-19-20-31-21-22-32(23-31)29(24-13-7-4-8-14-24,25-15-9-5-10-16-25)26-17-11-6-12-18-26;;/h4-18,21-23H,19-20H2,1-3H3;1H;1H2. The molecule has 0 saturated heterocycles. The van der Waals surface area contributed by atoms with Gasteiger partial charge >= 0.3 is 6.09 Å². The van der Waals surface area contributed by atoms with Crippen LogP contribution in [0.2, 0.25) is 0 Å². The first-order chi connectivity index (χ1) is 16.4. The number of aromatic nitrogens is 2. The van der Waals surface area contributed by atoms with Gasteiger partial charge < -0.3 is 27.9 Å². The minimum atomic E-state index is -0.548. The van der Waals surface area contributed by atoms with Crippen molar-refractivity contribution in [3.63, 3.8) is 0 Å². The molecule has 3 aromatic carbocycles. The fourth-order valence-electron chi connectivity index (χ4n) is 4.31. The first-order valence-corrected chi connectivity index (χ1v) is 11.6. The Bertz CT molecular complexity index is 1110. The third-order valence-electron chi connectivity index (χ3n) is 5.69. The maximum absolute atomic E-state index is 12.0. The molecule has 4 aromatic rings. The molecule has 0 fully saturated rings. The van der Waals surface area contributed by atoms with Gasteiger partial charge in [0.2, 0.25) is 6.33 Å². The van der Waals surface area contributed by atoms with Crippen molar-refractivity contribution in [2.75, 3.05) is 6.54 Å². The summed E-state index contributed by atoms with van der Waals surface area (Å²) in [5, 5.41) is 2.84. The van der Waals surface area contributed by atoms with Crippen molar-refractivity contribution in [1.29, 1.82) is 0 Å². The van der Waals surface area contributed by atoms with E-state index < -0.39 is 17.2 Å². The number of halogens is 1. The first kappa shape index (κ1) is 28.6. The molecule has 0 aliphatic rings. The van der Waals surface area contributed by atoms with Crippen LogP contribution in [0.15, 0.2) is 110 Å². The summed E-state index contributed by atoms with van der Waals surface area (Å²) in [6.45, 7) is 6.67. The highest BCUT2D eigenvalue weighted by molar-refractivity contribution is 5.67. The Morgan fingerprint density at radius 3 is 1.69 bits per heavy atom. The number of nitrogens with one attached hydrogen (secondary N) is 1. The lowest BCUT2D eigenvalue weighted by molar-refractivity contribution is -0.694. The van der Waals surface area contributed by atoms with E-state index in [-0.39, 0.29) is 17.9 Å². The molecule has 190 valence electrons. The van der Waals surface area contributed by atoms with Gasteiger partial charge in [-0.05, 0) is 20.8 Å². The Kier molecular flexibility index (Phi) is 9.84. The van der Waals surface area contributed by atoms with Crippen LogP contribution in [0.5, 0.6) is 0 Å². The van der Waals surface area contributed by atoms with Crippen LogP contribution in [-0.4, -0.2) is 28.3 Å². The van der Waals surface area contributed by atoms with Crippen LogP contribution in [0.1, 0.15) is 37.5 Å².